The molecule has 0 radical (unpaired) electrons. The average molecular weight is 868 g/mol. The van der Waals surface area contributed by atoms with Crippen LogP contribution < -0.4 is 5.32 Å². The third kappa shape index (κ3) is 44.2. The summed E-state index contributed by atoms with van der Waals surface area (Å²) in [6.45, 7) is 6.34. The van der Waals surface area contributed by atoms with Gasteiger partial charge in [-0.1, -0.05) is 216 Å². The largest absolute Gasteiger partial charge is 0.462 e. The van der Waals surface area contributed by atoms with Crippen molar-refractivity contribution in [2.24, 2.45) is 0 Å². The number of carbonyl (C=O) groups is 2. The van der Waals surface area contributed by atoms with Gasteiger partial charge in [-0.15, -0.1) is 0 Å². The van der Waals surface area contributed by atoms with Crippen molar-refractivity contribution in [1.29, 1.82) is 0 Å². The minimum absolute atomic E-state index is 0.0585. The third-order valence-corrected chi connectivity index (χ3v) is 11.8. The van der Waals surface area contributed by atoms with E-state index < -0.39 is 18.2 Å². The smallest absolute Gasteiger partial charge is 0.306 e. The summed E-state index contributed by atoms with van der Waals surface area (Å²) in [4.78, 5) is 26.2. The maximum atomic E-state index is 13.2. The SMILES string of the molecule is CC/C=C/C/C=C/C/C=C/CCCCCCC(CC(=O)NC(CO)C(O)CCCCCCCCCCCCCC)OC(=O)CCCCCCCCC/C=C\C/C=C\CCCCC. The fourth-order valence-corrected chi connectivity index (χ4v) is 7.83. The molecule has 6 nitrogen and oxygen atoms in total. The average Bonchev–Trinajstić information content (AvgIpc) is 3.26. The first kappa shape index (κ1) is 59.6. The minimum atomic E-state index is -0.796. The molecular formula is C56H101NO5. The molecule has 3 unspecified atom stereocenters. The lowest BCUT2D eigenvalue weighted by Gasteiger charge is -2.24. The highest BCUT2D eigenvalue weighted by Crippen LogP contribution is 2.18. The van der Waals surface area contributed by atoms with Crippen LogP contribution in [0.25, 0.3) is 0 Å². The molecule has 0 bridgehead atoms. The van der Waals surface area contributed by atoms with Crippen LogP contribution in [0, 0.1) is 0 Å². The molecule has 3 atom stereocenters. The second-order valence-electron chi connectivity index (χ2n) is 17.9. The fraction of sp³-hybridized carbons (Fsp3) is 0.786. The molecule has 0 aliphatic rings. The fourth-order valence-electron chi connectivity index (χ4n) is 7.83. The lowest BCUT2D eigenvalue weighted by atomic mass is 10.0. The van der Waals surface area contributed by atoms with Crippen molar-refractivity contribution in [3.05, 3.63) is 60.8 Å². The molecular weight excluding hydrogens is 767 g/mol. The monoisotopic (exact) mass is 868 g/mol. The zero-order valence-corrected chi connectivity index (χ0v) is 41.0. The topological polar surface area (TPSA) is 95.9 Å². The predicted molar refractivity (Wildman–Crippen MR) is 268 cm³/mol. The van der Waals surface area contributed by atoms with E-state index in [0.29, 0.717) is 19.3 Å². The number of aliphatic hydroxyl groups excluding tert-OH is 2. The number of unbranched alkanes of at least 4 members (excludes halogenated alkanes) is 25. The summed E-state index contributed by atoms with van der Waals surface area (Å²) in [7, 11) is 0. The molecule has 0 aliphatic carbocycles. The van der Waals surface area contributed by atoms with E-state index in [1.807, 2.05) is 0 Å². The molecule has 6 heteroatoms. The molecule has 0 aromatic rings. The first-order chi connectivity index (χ1) is 30.5. The van der Waals surface area contributed by atoms with Gasteiger partial charge >= 0.3 is 5.97 Å². The Kier molecular flexibility index (Phi) is 47.6. The van der Waals surface area contributed by atoms with Crippen molar-refractivity contribution in [2.45, 2.75) is 277 Å². The van der Waals surface area contributed by atoms with Gasteiger partial charge in [-0.2, -0.15) is 0 Å². The maximum Gasteiger partial charge on any atom is 0.306 e. The highest BCUT2D eigenvalue weighted by atomic mass is 16.5. The summed E-state index contributed by atoms with van der Waals surface area (Å²) in [6, 6.07) is -0.711. The van der Waals surface area contributed by atoms with E-state index in [1.54, 1.807) is 0 Å². The van der Waals surface area contributed by atoms with E-state index in [9.17, 15) is 19.8 Å². The number of esters is 1. The van der Waals surface area contributed by atoms with E-state index in [2.05, 4.69) is 86.8 Å². The van der Waals surface area contributed by atoms with Crippen molar-refractivity contribution in [2.75, 3.05) is 6.61 Å². The normalized spacial score (nSPS) is 13.7. The lowest BCUT2D eigenvalue weighted by Crippen LogP contribution is -2.46. The zero-order valence-electron chi connectivity index (χ0n) is 41.0. The molecule has 0 aromatic carbocycles. The van der Waals surface area contributed by atoms with Crippen LogP contribution in [-0.2, 0) is 14.3 Å². The summed E-state index contributed by atoms with van der Waals surface area (Å²) in [5.41, 5.74) is 0. The van der Waals surface area contributed by atoms with Crippen molar-refractivity contribution in [1.82, 2.24) is 5.32 Å². The number of ether oxygens (including phenoxy) is 1. The minimum Gasteiger partial charge on any atom is -0.462 e. The Labute approximate surface area is 384 Å². The van der Waals surface area contributed by atoms with E-state index in [4.69, 9.17) is 4.74 Å². The Morgan fingerprint density at radius 1 is 0.484 bits per heavy atom. The number of nitrogens with one attached hydrogen (secondary N) is 1. The molecule has 0 saturated heterocycles. The Hall–Kier alpha value is -2.44. The summed E-state index contributed by atoms with van der Waals surface area (Å²) in [5, 5.41) is 23.8. The molecule has 0 spiro atoms. The van der Waals surface area contributed by atoms with Crippen molar-refractivity contribution in [3.8, 4) is 0 Å². The highest BCUT2D eigenvalue weighted by molar-refractivity contribution is 5.77. The quantitative estimate of drug-likeness (QED) is 0.0322. The number of allylic oxidation sites excluding steroid dienone is 10. The molecule has 0 aliphatic heterocycles. The Balaban J connectivity index is 4.61. The van der Waals surface area contributed by atoms with Gasteiger partial charge in [0.25, 0.3) is 0 Å². The van der Waals surface area contributed by atoms with E-state index >= 15 is 0 Å². The molecule has 360 valence electrons. The Bertz CT molecular complexity index is 1110. The van der Waals surface area contributed by atoms with E-state index in [-0.39, 0.29) is 24.9 Å². The van der Waals surface area contributed by atoms with Gasteiger partial charge in [0, 0.05) is 6.42 Å². The van der Waals surface area contributed by atoms with Crippen LogP contribution in [0.1, 0.15) is 258 Å². The summed E-state index contributed by atoms with van der Waals surface area (Å²) in [6.07, 6.45) is 61.3. The molecule has 0 fully saturated rings. The maximum absolute atomic E-state index is 13.2. The molecule has 3 N–H and O–H groups in total. The summed E-state index contributed by atoms with van der Waals surface area (Å²) >= 11 is 0. The van der Waals surface area contributed by atoms with Crippen molar-refractivity contribution < 1.29 is 24.5 Å². The van der Waals surface area contributed by atoms with Crippen LogP contribution in [0.15, 0.2) is 60.8 Å². The van der Waals surface area contributed by atoms with Crippen LogP contribution in [0.2, 0.25) is 0 Å². The lowest BCUT2D eigenvalue weighted by molar-refractivity contribution is -0.151. The van der Waals surface area contributed by atoms with Crippen LogP contribution >= 0.6 is 0 Å². The van der Waals surface area contributed by atoms with Crippen molar-refractivity contribution in [3.63, 3.8) is 0 Å². The van der Waals surface area contributed by atoms with Gasteiger partial charge in [-0.25, -0.2) is 0 Å². The van der Waals surface area contributed by atoms with Gasteiger partial charge in [0.2, 0.25) is 5.91 Å². The van der Waals surface area contributed by atoms with Gasteiger partial charge in [-0.3, -0.25) is 9.59 Å². The second-order valence-corrected chi connectivity index (χ2v) is 17.9. The van der Waals surface area contributed by atoms with Gasteiger partial charge in [0.05, 0.1) is 25.2 Å². The molecule has 0 saturated carbocycles. The number of hydrogen-bond donors (Lipinski definition) is 3. The second kappa shape index (κ2) is 49.6. The molecule has 0 heterocycles. The van der Waals surface area contributed by atoms with Crippen molar-refractivity contribution >= 4 is 11.9 Å². The number of aliphatic hydroxyl groups is 2. The first-order valence-electron chi connectivity index (χ1n) is 26.5. The van der Waals surface area contributed by atoms with E-state index in [0.717, 1.165) is 103 Å². The van der Waals surface area contributed by atoms with Gasteiger partial charge in [0.15, 0.2) is 0 Å². The first-order valence-corrected chi connectivity index (χ1v) is 26.5. The van der Waals surface area contributed by atoms with Gasteiger partial charge < -0.3 is 20.3 Å². The van der Waals surface area contributed by atoms with Gasteiger partial charge in [-0.05, 0) is 89.9 Å². The number of amides is 1. The molecule has 62 heavy (non-hydrogen) atoms. The third-order valence-electron chi connectivity index (χ3n) is 11.8. The molecule has 0 aromatic heterocycles. The number of rotatable bonds is 47. The summed E-state index contributed by atoms with van der Waals surface area (Å²) < 4.78 is 5.93. The summed E-state index contributed by atoms with van der Waals surface area (Å²) in [5.74, 6) is -0.502. The van der Waals surface area contributed by atoms with Crippen LogP contribution in [0.3, 0.4) is 0 Å². The highest BCUT2D eigenvalue weighted by Gasteiger charge is 2.24. The number of carbonyl (C=O) groups excluding carboxylic acids is 2. The Morgan fingerprint density at radius 3 is 1.35 bits per heavy atom. The number of hydrogen-bond acceptors (Lipinski definition) is 5. The van der Waals surface area contributed by atoms with Gasteiger partial charge in [0.1, 0.15) is 6.10 Å². The van der Waals surface area contributed by atoms with Crippen LogP contribution in [0.4, 0.5) is 0 Å². The standard InChI is InChI=1S/C56H101NO5/c1-4-7-10-13-16-19-22-25-27-28-29-31-34-37-40-43-46-49-56(61)62-52(47-44-41-38-35-32-30-26-23-20-17-14-11-8-5-2)50-55(60)57-53(51-58)54(59)48-45-42-39-36-33-24-21-18-15-12-9-6-3/h8,11,16-17,19-20,25-27,30,52-54,58-59H,4-7,9-10,12-15,18,21-24,28-29,31-51H2,1-3H3,(H,57,60)/b11-8+,19-16-,20-17+,27-25-,30-26+. The zero-order chi connectivity index (χ0) is 45.2. The predicted octanol–water partition coefficient (Wildman–Crippen LogP) is 16.0. The molecule has 1 amide bonds. The molecule has 0 rings (SSSR count). The van der Waals surface area contributed by atoms with Crippen LogP contribution in [-0.4, -0.2) is 46.9 Å². The van der Waals surface area contributed by atoms with E-state index in [1.165, 1.54) is 109 Å². The van der Waals surface area contributed by atoms with Crippen LogP contribution in [0.5, 0.6) is 0 Å². The Morgan fingerprint density at radius 2 is 0.871 bits per heavy atom.